The molecule has 0 radical (unpaired) electrons. The van der Waals surface area contributed by atoms with Crippen molar-refractivity contribution in [1.29, 1.82) is 0 Å². The van der Waals surface area contributed by atoms with E-state index in [9.17, 15) is 0 Å². The topological polar surface area (TPSA) is 43.0 Å². The van der Waals surface area contributed by atoms with E-state index in [4.69, 9.17) is 9.40 Å². The third-order valence-corrected chi connectivity index (χ3v) is 3.51. The van der Waals surface area contributed by atoms with Crippen LogP contribution in [-0.2, 0) is 19.5 Å². The summed E-state index contributed by atoms with van der Waals surface area (Å²) in [5, 5.41) is 3.20. The highest BCUT2D eigenvalue weighted by Gasteiger charge is 2.21. The summed E-state index contributed by atoms with van der Waals surface area (Å²) in [5.74, 6) is 2.81. The van der Waals surface area contributed by atoms with Crippen LogP contribution in [0.1, 0.15) is 30.0 Å². The van der Waals surface area contributed by atoms with Crippen LogP contribution in [0.15, 0.2) is 16.5 Å². The Morgan fingerprint density at radius 1 is 1.39 bits per heavy atom. The van der Waals surface area contributed by atoms with Crippen molar-refractivity contribution >= 4 is 0 Å². The molecule has 0 fully saturated rings. The van der Waals surface area contributed by atoms with Crippen LogP contribution in [-0.4, -0.2) is 16.6 Å². The first kappa shape index (κ1) is 11.5. The summed E-state index contributed by atoms with van der Waals surface area (Å²) in [7, 11) is 1.96. The van der Waals surface area contributed by atoms with E-state index in [0.717, 1.165) is 36.9 Å². The van der Waals surface area contributed by atoms with Gasteiger partial charge >= 0.3 is 0 Å². The van der Waals surface area contributed by atoms with Crippen LogP contribution in [0.3, 0.4) is 0 Å². The number of hydrogen-bond acceptors (Lipinski definition) is 3. The summed E-state index contributed by atoms with van der Waals surface area (Å²) in [4.78, 5) is 4.77. The van der Waals surface area contributed by atoms with E-state index in [-0.39, 0.29) is 0 Å². The van der Waals surface area contributed by atoms with Crippen LogP contribution < -0.4 is 5.32 Å². The third kappa shape index (κ3) is 1.86. The van der Waals surface area contributed by atoms with Gasteiger partial charge in [0.1, 0.15) is 5.76 Å². The Morgan fingerprint density at radius 2 is 2.28 bits per heavy atom. The van der Waals surface area contributed by atoms with Gasteiger partial charge in [0, 0.05) is 18.8 Å². The molecule has 4 heteroatoms. The summed E-state index contributed by atoms with van der Waals surface area (Å²) in [5.41, 5.74) is 2.54. The first-order valence-electron chi connectivity index (χ1n) is 6.59. The molecular formula is C14H19N3O. The average molecular weight is 245 g/mol. The van der Waals surface area contributed by atoms with Gasteiger partial charge in [0.2, 0.25) is 0 Å². The van der Waals surface area contributed by atoms with Crippen LogP contribution in [0.2, 0.25) is 0 Å². The van der Waals surface area contributed by atoms with Crippen molar-refractivity contribution in [3.63, 3.8) is 0 Å². The largest absolute Gasteiger partial charge is 0.458 e. The minimum atomic E-state index is 0.828. The van der Waals surface area contributed by atoms with Gasteiger partial charge in [-0.15, -0.1) is 0 Å². The molecule has 1 aliphatic heterocycles. The monoisotopic (exact) mass is 245 g/mol. The lowest BCUT2D eigenvalue weighted by molar-refractivity contribution is 0.509. The molecule has 0 spiro atoms. The van der Waals surface area contributed by atoms with E-state index in [0.29, 0.717) is 0 Å². The second kappa shape index (κ2) is 4.61. The summed E-state index contributed by atoms with van der Waals surface area (Å²) in [6.45, 7) is 3.86. The lowest BCUT2D eigenvalue weighted by Gasteiger charge is -2.16. The van der Waals surface area contributed by atoms with Crippen LogP contribution in [0.5, 0.6) is 0 Å². The number of nitrogens with zero attached hydrogens (tertiary/aromatic N) is 2. The Labute approximate surface area is 107 Å². The van der Waals surface area contributed by atoms with Crippen molar-refractivity contribution in [3.05, 3.63) is 29.3 Å². The van der Waals surface area contributed by atoms with Gasteiger partial charge in [-0.3, -0.25) is 0 Å². The second-order valence-electron chi connectivity index (χ2n) is 4.88. The maximum atomic E-state index is 5.72. The lowest BCUT2D eigenvalue weighted by atomic mass is 10.1. The van der Waals surface area contributed by atoms with Crippen LogP contribution in [0.25, 0.3) is 11.6 Å². The number of nitrogens with one attached hydrogen (secondary N) is 1. The number of rotatable bonds is 3. The smallest absolute Gasteiger partial charge is 0.176 e. The van der Waals surface area contributed by atoms with E-state index in [1.165, 1.54) is 24.2 Å². The molecule has 3 heterocycles. The molecule has 0 bridgehead atoms. The van der Waals surface area contributed by atoms with Gasteiger partial charge in [0.15, 0.2) is 11.6 Å². The highest BCUT2D eigenvalue weighted by atomic mass is 16.3. The molecule has 0 saturated carbocycles. The predicted molar refractivity (Wildman–Crippen MR) is 70.4 cm³/mol. The maximum Gasteiger partial charge on any atom is 0.176 e. The Bertz CT molecular complexity index is 553. The summed E-state index contributed by atoms with van der Waals surface area (Å²) >= 11 is 0. The predicted octanol–water partition coefficient (Wildman–Crippen LogP) is 2.51. The quantitative estimate of drug-likeness (QED) is 0.903. The fraction of sp³-hybridized carbons (Fsp3) is 0.500. The van der Waals surface area contributed by atoms with Crippen LogP contribution in [0.4, 0.5) is 0 Å². The number of fused-ring (bicyclic) bond motifs is 1. The van der Waals surface area contributed by atoms with Crippen LogP contribution in [0, 0.1) is 6.92 Å². The molecule has 96 valence electrons. The Hall–Kier alpha value is -1.55. The molecule has 18 heavy (non-hydrogen) atoms. The van der Waals surface area contributed by atoms with Crippen molar-refractivity contribution in [1.82, 2.24) is 14.9 Å². The molecule has 0 aromatic carbocycles. The van der Waals surface area contributed by atoms with Gasteiger partial charge in [-0.25, -0.2) is 4.98 Å². The molecule has 1 N–H and O–H groups in total. The molecule has 0 atom stereocenters. The number of furan rings is 1. The SMILES string of the molecule is CNCc1nc(-c2ccc(C)o2)n2c1CCCC2. The first-order valence-corrected chi connectivity index (χ1v) is 6.59. The highest BCUT2D eigenvalue weighted by molar-refractivity contribution is 5.50. The zero-order valence-corrected chi connectivity index (χ0v) is 11.0. The molecule has 0 saturated heterocycles. The van der Waals surface area contributed by atoms with E-state index in [1.807, 2.05) is 26.1 Å². The number of aromatic nitrogens is 2. The number of imidazole rings is 1. The Balaban J connectivity index is 2.08. The van der Waals surface area contributed by atoms with Gasteiger partial charge in [-0.2, -0.15) is 0 Å². The molecule has 0 aliphatic carbocycles. The third-order valence-electron chi connectivity index (χ3n) is 3.51. The van der Waals surface area contributed by atoms with Gasteiger partial charge in [0.05, 0.1) is 5.69 Å². The van der Waals surface area contributed by atoms with Crippen molar-refractivity contribution in [2.45, 2.75) is 39.3 Å². The molecule has 1 aliphatic rings. The Kier molecular flexibility index (Phi) is 2.96. The summed E-state index contributed by atoms with van der Waals surface area (Å²) in [6, 6.07) is 4.01. The van der Waals surface area contributed by atoms with Crippen molar-refractivity contribution in [2.24, 2.45) is 0 Å². The van der Waals surface area contributed by atoms with E-state index in [1.54, 1.807) is 0 Å². The Morgan fingerprint density at radius 3 is 3.00 bits per heavy atom. The van der Waals surface area contributed by atoms with Crippen molar-refractivity contribution in [2.75, 3.05) is 7.05 Å². The highest BCUT2D eigenvalue weighted by Crippen LogP contribution is 2.28. The molecule has 4 nitrogen and oxygen atoms in total. The van der Waals surface area contributed by atoms with Crippen LogP contribution >= 0.6 is 0 Å². The first-order chi connectivity index (χ1) is 8.79. The van der Waals surface area contributed by atoms with Gasteiger partial charge in [-0.1, -0.05) is 0 Å². The zero-order valence-electron chi connectivity index (χ0n) is 11.0. The average Bonchev–Trinajstić information content (AvgIpc) is 2.95. The van der Waals surface area contributed by atoms with Crippen molar-refractivity contribution in [3.8, 4) is 11.6 Å². The summed E-state index contributed by atoms with van der Waals surface area (Å²) in [6.07, 6.45) is 3.62. The normalized spacial score (nSPS) is 14.8. The van der Waals surface area contributed by atoms with Crippen molar-refractivity contribution < 1.29 is 4.42 Å². The van der Waals surface area contributed by atoms with E-state index in [2.05, 4.69) is 9.88 Å². The molecule has 0 amide bonds. The molecule has 3 rings (SSSR count). The van der Waals surface area contributed by atoms with Gasteiger partial charge in [-0.05, 0) is 45.4 Å². The van der Waals surface area contributed by atoms with Gasteiger partial charge in [0.25, 0.3) is 0 Å². The minimum Gasteiger partial charge on any atom is -0.458 e. The van der Waals surface area contributed by atoms with Gasteiger partial charge < -0.3 is 14.3 Å². The maximum absolute atomic E-state index is 5.72. The fourth-order valence-electron chi connectivity index (χ4n) is 2.67. The number of hydrogen-bond donors (Lipinski definition) is 1. The van der Waals surface area contributed by atoms with E-state index >= 15 is 0 Å². The minimum absolute atomic E-state index is 0.828. The summed E-state index contributed by atoms with van der Waals surface area (Å²) < 4.78 is 8.05. The molecular weight excluding hydrogens is 226 g/mol. The number of aryl methyl sites for hydroxylation is 1. The lowest BCUT2D eigenvalue weighted by Crippen LogP contribution is -2.14. The fourth-order valence-corrected chi connectivity index (χ4v) is 2.67. The molecule has 0 unspecified atom stereocenters. The standard InChI is InChI=1S/C14H19N3O/c1-10-6-7-13(18-10)14-16-11(9-15-2)12-5-3-4-8-17(12)14/h6-7,15H,3-5,8-9H2,1-2H3. The second-order valence-corrected chi connectivity index (χ2v) is 4.88. The zero-order chi connectivity index (χ0) is 12.5. The molecule has 2 aromatic rings. The van der Waals surface area contributed by atoms with E-state index < -0.39 is 0 Å². The molecule has 2 aromatic heterocycles.